The zero-order valence-electron chi connectivity index (χ0n) is 24.9. The average Bonchev–Trinajstić information content (AvgIpc) is 2.97. The van der Waals surface area contributed by atoms with E-state index < -0.39 is 120 Å². The summed E-state index contributed by atoms with van der Waals surface area (Å²) in [5, 5.41) is 0. The zero-order chi connectivity index (χ0) is 46.6. The smallest absolute Gasteiger partial charge is 0.200 e. The van der Waals surface area contributed by atoms with Crippen LogP contribution >= 0.6 is 0 Å². The Kier molecular flexibility index (Phi) is 12.7. The minimum Gasteiger partial charge on any atom is -0.200 e. The molecule has 0 unspecified atom stereocenters. The van der Waals surface area contributed by atoms with Crippen molar-refractivity contribution in [1.29, 1.82) is 0 Å². The summed E-state index contributed by atoms with van der Waals surface area (Å²) >= 11 is 0. The number of hydrogen-bond acceptors (Lipinski definition) is 0. The molecular formula is C21H9F35. The molecule has 0 N–H and O–H groups in total. The molecule has 0 saturated heterocycles. The molecule has 0 amide bonds. The third-order valence-corrected chi connectivity index (χ3v) is 7.18. The van der Waals surface area contributed by atoms with Gasteiger partial charge >= 0.3 is 101 Å². The van der Waals surface area contributed by atoms with Gasteiger partial charge in [0.05, 0.1) is 0 Å². The monoisotopic (exact) mass is 926 g/mol. The fourth-order valence-electron chi connectivity index (χ4n) is 3.53. The first-order valence-electron chi connectivity index (χ1n) is 12.7. The van der Waals surface area contributed by atoms with Crippen LogP contribution in [0.15, 0.2) is 0 Å². The Labute approximate surface area is 282 Å². The second-order valence-electron chi connectivity index (χ2n) is 10.9. The lowest BCUT2D eigenvalue weighted by molar-refractivity contribution is -0.492. The fourth-order valence-corrected chi connectivity index (χ4v) is 3.53. The third kappa shape index (κ3) is 6.13. The topological polar surface area (TPSA) is 0 Å². The Bertz CT molecular complexity index is 1390. The molecule has 0 radical (unpaired) electrons. The highest BCUT2D eigenvalue weighted by atomic mass is 19.4. The van der Waals surface area contributed by atoms with Gasteiger partial charge in [-0.15, -0.1) is 0 Å². The van der Waals surface area contributed by atoms with Gasteiger partial charge in [0, 0.05) is 6.42 Å². The van der Waals surface area contributed by atoms with Gasteiger partial charge in [-0.1, -0.05) is 13.3 Å². The van der Waals surface area contributed by atoms with Crippen LogP contribution in [-0.2, 0) is 0 Å². The molecule has 0 atom stereocenters. The van der Waals surface area contributed by atoms with Gasteiger partial charge in [0.2, 0.25) is 0 Å². The Morgan fingerprint density at radius 2 is 0.357 bits per heavy atom. The zero-order valence-corrected chi connectivity index (χ0v) is 24.9. The lowest BCUT2D eigenvalue weighted by Gasteiger charge is -2.47. The first kappa shape index (κ1) is 53.6. The van der Waals surface area contributed by atoms with Crippen LogP contribution in [0.3, 0.4) is 0 Å². The molecule has 56 heavy (non-hydrogen) atoms. The van der Waals surface area contributed by atoms with E-state index in [0.29, 0.717) is 6.92 Å². The Morgan fingerprint density at radius 3 is 0.500 bits per heavy atom. The maximum atomic E-state index is 13.9. The number of unbranched alkanes of at least 4 members (excludes halogenated alkanes) is 1. The molecule has 0 spiro atoms. The van der Waals surface area contributed by atoms with Crippen molar-refractivity contribution in [3.63, 3.8) is 0 Å². The standard InChI is InChI=1S/C21H9F35/c1-2-3-4-5(22,23)6(24,25)7(26,27)8(28,29)9(30,31)10(32,33)11(34,35)12(36,37)13(38,39)14(40,41)15(42,43)16(44,45)17(46,47)18(48,49)19(50,51)20(52,53)21(54,55)56/h2-4H2,1H3. The second kappa shape index (κ2) is 13.3. The summed E-state index contributed by atoms with van der Waals surface area (Å²) in [7, 11) is 0. The van der Waals surface area contributed by atoms with Gasteiger partial charge in [-0.3, -0.25) is 0 Å². The molecule has 0 rings (SSSR count). The van der Waals surface area contributed by atoms with Gasteiger partial charge in [-0.25, -0.2) is 0 Å². The van der Waals surface area contributed by atoms with Crippen LogP contribution in [0.2, 0.25) is 0 Å². The summed E-state index contributed by atoms with van der Waals surface area (Å²) in [6.07, 6.45) is -13.7. The molecule has 0 aliphatic rings. The van der Waals surface area contributed by atoms with Crippen LogP contribution in [0.25, 0.3) is 0 Å². The largest absolute Gasteiger partial charge is 0.460 e. The van der Waals surface area contributed by atoms with Crippen molar-refractivity contribution in [3.05, 3.63) is 0 Å². The molecule has 0 bridgehead atoms. The highest BCUT2D eigenvalue weighted by Gasteiger charge is 3.02. The fraction of sp³-hybridized carbons (Fsp3) is 1.00. The number of halogens is 35. The Hall–Kier alpha value is -2.45. The lowest BCUT2D eigenvalue weighted by atomic mass is 9.82. The molecule has 0 aliphatic carbocycles. The van der Waals surface area contributed by atoms with Crippen molar-refractivity contribution in [2.75, 3.05) is 0 Å². The lowest BCUT2D eigenvalue weighted by Crippen LogP contribution is -2.80. The number of hydrogen-bond donors (Lipinski definition) is 0. The molecule has 0 aromatic rings. The molecule has 0 fully saturated rings. The van der Waals surface area contributed by atoms with Crippen LogP contribution in [-0.4, -0.2) is 101 Å². The van der Waals surface area contributed by atoms with Crippen molar-refractivity contribution in [3.8, 4) is 0 Å². The van der Waals surface area contributed by atoms with Crippen LogP contribution in [0.4, 0.5) is 154 Å². The molecule has 0 aromatic carbocycles. The van der Waals surface area contributed by atoms with Gasteiger partial charge in [0.1, 0.15) is 0 Å². The van der Waals surface area contributed by atoms with E-state index in [4.69, 9.17) is 0 Å². The summed E-state index contributed by atoms with van der Waals surface area (Å²) in [6.45, 7) is 0.688. The molecule has 0 nitrogen and oxygen atoms in total. The minimum absolute atomic E-state index is 0.688. The van der Waals surface area contributed by atoms with Gasteiger partial charge in [0.15, 0.2) is 0 Å². The maximum absolute atomic E-state index is 13.9. The predicted octanol–water partition coefficient (Wildman–Crippen LogP) is 12.9. The highest BCUT2D eigenvalue weighted by Crippen LogP contribution is 2.70. The van der Waals surface area contributed by atoms with Crippen molar-refractivity contribution in [1.82, 2.24) is 0 Å². The van der Waals surface area contributed by atoms with Gasteiger partial charge < -0.3 is 0 Å². The molecule has 338 valence electrons. The molecule has 0 aliphatic heterocycles. The first-order chi connectivity index (χ1) is 23.6. The van der Waals surface area contributed by atoms with E-state index in [0.717, 1.165) is 0 Å². The Morgan fingerprint density at radius 1 is 0.214 bits per heavy atom. The van der Waals surface area contributed by atoms with Crippen molar-refractivity contribution in [2.45, 2.75) is 127 Å². The van der Waals surface area contributed by atoms with E-state index in [1.54, 1.807) is 0 Å². The quantitative estimate of drug-likeness (QED) is 0.120. The minimum atomic E-state index is -10.3. The van der Waals surface area contributed by atoms with Gasteiger partial charge in [-0.2, -0.15) is 154 Å². The van der Waals surface area contributed by atoms with E-state index in [1.807, 2.05) is 0 Å². The number of rotatable bonds is 18. The van der Waals surface area contributed by atoms with Crippen molar-refractivity contribution < 1.29 is 154 Å². The van der Waals surface area contributed by atoms with Crippen LogP contribution in [0, 0.1) is 0 Å². The van der Waals surface area contributed by atoms with E-state index in [9.17, 15) is 154 Å². The molecule has 0 aromatic heterocycles. The SMILES string of the molecule is CCCCC(F)(F)C(F)(F)C(F)(F)C(F)(F)C(F)(F)C(F)(F)C(F)(F)C(F)(F)C(F)(F)C(F)(F)C(F)(F)C(F)(F)C(F)(F)C(F)(F)C(F)(F)C(F)(F)C(F)(F)F. The van der Waals surface area contributed by atoms with Crippen molar-refractivity contribution >= 4 is 0 Å². The summed E-state index contributed by atoms with van der Waals surface area (Å²) in [6, 6.07) is 0. The van der Waals surface area contributed by atoms with E-state index >= 15 is 0 Å². The summed E-state index contributed by atoms with van der Waals surface area (Å²) < 4.78 is 474. The normalized spacial score (nSPS) is 17.1. The molecule has 0 saturated carbocycles. The van der Waals surface area contributed by atoms with Crippen LogP contribution in [0.5, 0.6) is 0 Å². The Balaban J connectivity index is 7.76. The van der Waals surface area contributed by atoms with E-state index in [2.05, 4.69) is 0 Å². The molecule has 0 heterocycles. The third-order valence-electron chi connectivity index (χ3n) is 7.18. The predicted molar refractivity (Wildman–Crippen MR) is 105 cm³/mol. The highest BCUT2D eigenvalue weighted by molar-refractivity contribution is 5.22. The van der Waals surface area contributed by atoms with Crippen LogP contribution < -0.4 is 0 Å². The van der Waals surface area contributed by atoms with Gasteiger partial charge in [-0.05, 0) is 6.42 Å². The van der Waals surface area contributed by atoms with Crippen LogP contribution in [0.1, 0.15) is 26.2 Å². The summed E-state index contributed by atoms with van der Waals surface area (Å²) in [5.74, 6) is -153. The van der Waals surface area contributed by atoms with E-state index in [-0.39, 0.29) is 0 Å². The van der Waals surface area contributed by atoms with Gasteiger partial charge in [0.25, 0.3) is 0 Å². The summed E-state index contributed by atoms with van der Waals surface area (Å²) in [5.41, 5.74) is 0. The molecular weight excluding hydrogens is 917 g/mol. The van der Waals surface area contributed by atoms with Crippen molar-refractivity contribution in [2.24, 2.45) is 0 Å². The molecule has 35 heteroatoms. The first-order valence-corrected chi connectivity index (χ1v) is 12.7. The average molecular weight is 926 g/mol. The van der Waals surface area contributed by atoms with E-state index in [1.165, 1.54) is 0 Å². The second-order valence-corrected chi connectivity index (χ2v) is 10.9. The maximum Gasteiger partial charge on any atom is 0.460 e. The number of alkyl halides is 35. The summed E-state index contributed by atoms with van der Waals surface area (Å²) in [4.78, 5) is 0.